The number of benzene rings is 1. The molecular formula is C14H19F2NS. The van der Waals surface area contributed by atoms with Gasteiger partial charge >= 0.3 is 0 Å². The van der Waals surface area contributed by atoms with Crippen LogP contribution in [0.2, 0.25) is 0 Å². The van der Waals surface area contributed by atoms with Gasteiger partial charge in [0.1, 0.15) is 11.6 Å². The van der Waals surface area contributed by atoms with Gasteiger partial charge in [0.2, 0.25) is 0 Å². The topological polar surface area (TPSA) is 12.0 Å². The molecule has 1 aromatic rings. The van der Waals surface area contributed by atoms with Gasteiger partial charge in [-0.05, 0) is 31.5 Å². The van der Waals surface area contributed by atoms with Gasteiger partial charge in [0.25, 0.3) is 0 Å². The number of halogens is 2. The monoisotopic (exact) mass is 271 g/mol. The Bertz CT molecular complexity index is 423. The highest BCUT2D eigenvalue weighted by Gasteiger charge is 2.32. The van der Waals surface area contributed by atoms with Gasteiger partial charge in [-0.3, -0.25) is 0 Å². The van der Waals surface area contributed by atoms with E-state index in [9.17, 15) is 8.78 Å². The predicted octanol–water partition coefficient (Wildman–Crippen LogP) is 4.03. The molecule has 0 bridgehead atoms. The molecule has 0 fully saturated rings. The first kappa shape index (κ1) is 13.8. The summed E-state index contributed by atoms with van der Waals surface area (Å²) in [6.45, 7) is 5.00. The molecule has 0 radical (unpaired) electrons. The summed E-state index contributed by atoms with van der Waals surface area (Å²) in [7, 11) is 0. The van der Waals surface area contributed by atoms with E-state index < -0.39 is 0 Å². The van der Waals surface area contributed by atoms with Crippen LogP contribution >= 0.6 is 11.8 Å². The summed E-state index contributed by atoms with van der Waals surface area (Å²) in [5.41, 5.74) is 1.09. The molecule has 1 nitrogen and oxygen atoms in total. The quantitative estimate of drug-likeness (QED) is 0.887. The Balaban J connectivity index is 2.39. The first-order chi connectivity index (χ1) is 8.69. The van der Waals surface area contributed by atoms with E-state index in [1.54, 1.807) is 11.8 Å². The highest BCUT2D eigenvalue weighted by Crippen LogP contribution is 2.41. The van der Waals surface area contributed by atoms with Crippen LogP contribution in [0.25, 0.3) is 0 Å². The van der Waals surface area contributed by atoms with Crippen LogP contribution in [0.15, 0.2) is 12.1 Å². The van der Waals surface area contributed by atoms with E-state index in [-0.39, 0.29) is 17.7 Å². The first-order valence-corrected chi connectivity index (χ1v) is 7.55. The highest BCUT2D eigenvalue weighted by molar-refractivity contribution is 7.99. The number of hydrogen-bond acceptors (Lipinski definition) is 2. The Morgan fingerprint density at radius 2 is 2.00 bits per heavy atom. The molecule has 0 aliphatic carbocycles. The van der Waals surface area contributed by atoms with Gasteiger partial charge in [-0.1, -0.05) is 13.8 Å². The average Bonchev–Trinajstić information content (AvgIpc) is 2.39. The van der Waals surface area contributed by atoms with Gasteiger partial charge in [-0.2, -0.15) is 11.8 Å². The van der Waals surface area contributed by atoms with Crippen LogP contribution < -0.4 is 5.32 Å². The molecule has 0 spiro atoms. The summed E-state index contributed by atoms with van der Waals surface area (Å²) in [5, 5.41) is 3.69. The van der Waals surface area contributed by atoms with Gasteiger partial charge in [-0.15, -0.1) is 0 Å². The molecule has 1 N–H and O–H groups in total. The van der Waals surface area contributed by atoms with Crippen LogP contribution in [0.4, 0.5) is 8.78 Å². The van der Waals surface area contributed by atoms with E-state index in [0.717, 1.165) is 19.4 Å². The molecule has 1 aliphatic rings. The lowest BCUT2D eigenvalue weighted by atomic mass is 9.95. The molecule has 0 aromatic heterocycles. The van der Waals surface area contributed by atoms with Gasteiger partial charge in [0.05, 0.1) is 0 Å². The zero-order chi connectivity index (χ0) is 13.1. The molecule has 18 heavy (non-hydrogen) atoms. The van der Waals surface area contributed by atoms with Crippen molar-refractivity contribution in [2.24, 2.45) is 0 Å². The Hall–Kier alpha value is -0.610. The van der Waals surface area contributed by atoms with Crippen molar-refractivity contribution >= 4 is 11.8 Å². The molecule has 100 valence electrons. The maximum absolute atomic E-state index is 14.0. The van der Waals surface area contributed by atoms with Crippen molar-refractivity contribution < 1.29 is 8.78 Å². The standard InChI is InChI=1S/C14H19F2NS/c1-3-7-17-14-12(4-2)18-8-9-10(15)5-6-11(16)13(9)14/h5-6,12,14,17H,3-4,7-8H2,1-2H3. The van der Waals surface area contributed by atoms with Crippen LogP contribution in [0.3, 0.4) is 0 Å². The van der Waals surface area contributed by atoms with E-state index in [2.05, 4.69) is 19.2 Å². The number of hydrogen-bond donors (Lipinski definition) is 1. The molecule has 1 heterocycles. The smallest absolute Gasteiger partial charge is 0.128 e. The zero-order valence-electron chi connectivity index (χ0n) is 10.8. The molecule has 2 atom stereocenters. The third-order valence-electron chi connectivity index (χ3n) is 3.39. The maximum atomic E-state index is 14.0. The third-order valence-corrected chi connectivity index (χ3v) is 4.88. The molecular weight excluding hydrogens is 252 g/mol. The molecule has 0 saturated heterocycles. The van der Waals surface area contributed by atoms with Crippen LogP contribution in [0, 0.1) is 11.6 Å². The minimum Gasteiger partial charge on any atom is -0.309 e. The van der Waals surface area contributed by atoms with Crippen LogP contribution in [-0.2, 0) is 5.75 Å². The maximum Gasteiger partial charge on any atom is 0.128 e. The van der Waals surface area contributed by atoms with Gasteiger partial charge < -0.3 is 5.32 Å². The first-order valence-electron chi connectivity index (χ1n) is 6.50. The van der Waals surface area contributed by atoms with E-state index >= 15 is 0 Å². The normalized spacial score (nSPS) is 22.9. The minimum atomic E-state index is -0.281. The fraction of sp³-hybridized carbons (Fsp3) is 0.571. The number of fused-ring (bicyclic) bond motifs is 1. The summed E-state index contributed by atoms with van der Waals surface area (Å²) in [6.07, 6.45) is 1.95. The van der Waals surface area contributed by atoms with Crippen molar-refractivity contribution in [3.63, 3.8) is 0 Å². The van der Waals surface area contributed by atoms with E-state index in [0.29, 0.717) is 22.1 Å². The zero-order valence-corrected chi connectivity index (χ0v) is 11.6. The molecule has 2 unspecified atom stereocenters. The molecule has 1 aromatic carbocycles. The van der Waals surface area contributed by atoms with Crippen molar-refractivity contribution in [2.45, 2.75) is 43.7 Å². The summed E-state index contributed by atoms with van der Waals surface area (Å²) >= 11 is 1.72. The largest absolute Gasteiger partial charge is 0.309 e. The Morgan fingerprint density at radius 1 is 1.28 bits per heavy atom. The van der Waals surface area contributed by atoms with Crippen molar-refractivity contribution in [2.75, 3.05) is 6.54 Å². The fourth-order valence-electron chi connectivity index (χ4n) is 2.45. The predicted molar refractivity (Wildman–Crippen MR) is 72.8 cm³/mol. The average molecular weight is 271 g/mol. The van der Waals surface area contributed by atoms with Crippen LogP contribution in [0.5, 0.6) is 0 Å². The Labute approximate surface area is 111 Å². The summed E-state index contributed by atoms with van der Waals surface area (Å²) in [6, 6.07) is 2.41. The van der Waals surface area contributed by atoms with Crippen molar-refractivity contribution in [1.82, 2.24) is 5.32 Å². The lowest BCUT2D eigenvalue weighted by molar-refractivity contribution is 0.463. The van der Waals surface area contributed by atoms with Gasteiger partial charge in [0, 0.05) is 28.2 Å². The van der Waals surface area contributed by atoms with Crippen molar-refractivity contribution in [1.29, 1.82) is 0 Å². The van der Waals surface area contributed by atoms with Crippen molar-refractivity contribution in [3.8, 4) is 0 Å². The number of rotatable bonds is 4. The fourth-order valence-corrected chi connectivity index (χ4v) is 3.79. The Kier molecular flexibility index (Phi) is 4.62. The highest BCUT2D eigenvalue weighted by atomic mass is 32.2. The number of thioether (sulfide) groups is 1. The molecule has 4 heteroatoms. The van der Waals surface area contributed by atoms with Crippen LogP contribution in [-0.4, -0.2) is 11.8 Å². The van der Waals surface area contributed by atoms with Gasteiger partial charge in [0.15, 0.2) is 0 Å². The van der Waals surface area contributed by atoms with Crippen molar-refractivity contribution in [3.05, 3.63) is 34.9 Å². The van der Waals surface area contributed by atoms with Crippen LogP contribution in [0.1, 0.15) is 43.9 Å². The second-order valence-corrected chi connectivity index (χ2v) is 5.84. The van der Waals surface area contributed by atoms with E-state index in [4.69, 9.17) is 0 Å². The summed E-state index contributed by atoms with van der Waals surface area (Å²) in [4.78, 5) is 0. The second-order valence-electron chi connectivity index (χ2n) is 4.61. The minimum absolute atomic E-state index is 0.0700. The molecule has 0 saturated carbocycles. The van der Waals surface area contributed by atoms with E-state index in [1.165, 1.54) is 12.1 Å². The molecule has 1 aliphatic heterocycles. The Morgan fingerprint density at radius 3 is 2.67 bits per heavy atom. The molecule has 0 amide bonds. The summed E-state index contributed by atoms with van der Waals surface area (Å²) < 4.78 is 27.8. The SMILES string of the molecule is CCCNC1c2c(F)ccc(F)c2CSC1CC. The summed E-state index contributed by atoms with van der Waals surface area (Å²) in [5.74, 6) is 0.0115. The van der Waals surface area contributed by atoms with Gasteiger partial charge in [-0.25, -0.2) is 8.78 Å². The lowest BCUT2D eigenvalue weighted by Crippen LogP contribution is -2.35. The molecule has 2 rings (SSSR count). The lowest BCUT2D eigenvalue weighted by Gasteiger charge is -2.33. The second kappa shape index (κ2) is 6.02. The van der Waals surface area contributed by atoms with E-state index in [1.807, 2.05) is 0 Å². The number of nitrogens with one attached hydrogen (secondary N) is 1. The third kappa shape index (κ3) is 2.54.